The van der Waals surface area contributed by atoms with Crippen molar-refractivity contribution in [1.29, 1.82) is 0 Å². The minimum atomic E-state index is -4.46. The van der Waals surface area contributed by atoms with Gasteiger partial charge >= 0.3 is 5.97 Å². The van der Waals surface area contributed by atoms with Gasteiger partial charge in [0.05, 0.1) is 7.11 Å². The van der Waals surface area contributed by atoms with Gasteiger partial charge in [0.25, 0.3) is 0 Å². The summed E-state index contributed by atoms with van der Waals surface area (Å²) in [4.78, 5) is 11.1. The molecule has 2 rings (SSSR count). The van der Waals surface area contributed by atoms with Crippen LogP contribution >= 0.6 is 0 Å². The lowest BCUT2D eigenvalue weighted by atomic mass is 10.1. The van der Waals surface area contributed by atoms with Gasteiger partial charge in [0.15, 0.2) is 0 Å². The van der Waals surface area contributed by atoms with Gasteiger partial charge < -0.3 is 4.74 Å². The second kappa shape index (κ2) is 7.66. The molecule has 2 aromatic rings. The minimum absolute atomic E-state index is 0.144. The average molecular weight is 373 g/mol. The summed E-state index contributed by atoms with van der Waals surface area (Å²) in [6.07, 6.45) is -0.144. The molecule has 134 valence electrons. The number of halogens is 3. The van der Waals surface area contributed by atoms with Crippen LogP contribution in [-0.4, -0.2) is 27.5 Å². The smallest absolute Gasteiger partial charge is 0.324 e. The molecule has 5 nitrogen and oxygen atoms in total. The highest BCUT2D eigenvalue weighted by Crippen LogP contribution is 2.17. The SMILES string of the molecule is COC(=O)C(Cc1ccc(F)cc1)NS(=O)(=O)c1ccc(F)cc1F. The number of hydrogen-bond donors (Lipinski definition) is 1. The number of methoxy groups -OCH3 is 1. The van der Waals surface area contributed by atoms with Gasteiger partial charge in [0.1, 0.15) is 28.4 Å². The van der Waals surface area contributed by atoms with Crippen molar-refractivity contribution in [1.82, 2.24) is 4.72 Å². The molecule has 0 saturated heterocycles. The summed E-state index contributed by atoms with van der Waals surface area (Å²) in [6.45, 7) is 0. The molecule has 2 aromatic carbocycles. The molecule has 1 atom stereocenters. The standard InChI is InChI=1S/C16H14F3NO4S/c1-24-16(21)14(8-10-2-4-11(17)5-3-10)20-25(22,23)15-7-6-12(18)9-13(15)19/h2-7,9,14,20H,8H2,1H3. The molecule has 0 heterocycles. The van der Waals surface area contributed by atoms with E-state index in [4.69, 9.17) is 0 Å². The molecule has 25 heavy (non-hydrogen) atoms. The van der Waals surface area contributed by atoms with E-state index in [1.165, 1.54) is 12.1 Å². The fourth-order valence-electron chi connectivity index (χ4n) is 2.12. The summed E-state index contributed by atoms with van der Waals surface area (Å²) in [5.41, 5.74) is 0.457. The molecule has 0 aliphatic carbocycles. The Morgan fingerprint density at radius 3 is 2.24 bits per heavy atom. The number of benzene rings is 2. The van der Waals surface area contributed by atoms with E-state index in [1.807, 2.05) is 4.72 Å². The van der Waals surface area contributed by atoms with E-state index in [-0.39, 0.29) is 6.42 Å². The Kier molecular flexibility index (Phi) is 5.81. The number of carbonyl (C=O) groups excluding carboxylic acids is 1. The number of hydrogen-bond acceptors (Lipinski definition) is 4. The van der Waals surface area contributed by atoms with Gasteiger partial charge in [-0.05, 0) is 36.2 Å². The van der Waals surface area contributed by atoms with Gasteiger partial charge in [-0.1, -0.05) is 12.1 Å². The third-order valence-electron chi connectivity index (χ3n) is 3.32. The van der Waals surface area contributed by atoms with Crippen molar-refractivity contribution in [2.45, 2.75) is 17.4 Å². The zero-order valence-corrected chi connectivity index (χ0v) is 13.8. The van der Waals surface area contributed by atoms with E-state index in [0.717, 1.165) is 31.4 Å². The summed E-state index contributed by atoms with van der Waals surface area (Å²) < 4.78 is 70.8. The van der Waals surface area contributed by atoms with Gasteiger partial charge in [-0.25, -0.2) is 21.6 Å². The lowest BCUT2D eigenvalue weighted by Crippen LogP contribution is -2.43. The van der Waals surface area contributed by atoms with Crippen LogP contribution in [0.25, 0.3) is 0 Å². The number of esters is 1. The van der Waals surface area contributed by atoms with Crippen molar-refractivity contribution in [3.63, 3.8) is 0 Å². The van der Waals surface area contributed by atoms with Crippen molar-refractivity contribution in [3.05, 3.63) is 65.5 Å². The molecule has 0 aliphatic heterocycles. The summed E-state index contributed by atoms with van der Waals surface area (Å²) in [5.74, 6) is -3.63. The molecule has 0 bridgehead atoms. The quantitative estimate of drug-likeness (QED) is 0.788. The van der Waals surface area contributed by atoms with Crippen molar-refractivity contribution in [2.75, 3.05) is 7.11 Å². The Morgan fingerprint density at radius 1 is 1.08 bits per heavy atom. The van der Waals surface area contributed by atoms with Crippen LogP contribution in [0, 0.1) is 17.5 Å². The highest BCUT2D eigenvalue weighted by Gasteiger charge is 2.28. The zero-order chi connectivity index (χ0) is 18.6. The largest absolute Gasteiger partial charge is 0.468 e. The first-order valence-corrected chi connectivity index (χ1v) is 8.51. The number of ether oxygens (including phenoxy) is 1. The molecule has 0 aliphatic rings. The minimum Gasteiger partial charge on any atom is -0.468 e. The molecule has 0 amide bonds. The topological polar surface area (TPSA) is 72.5 Å². The van der Waals surface area contributed by atoms with Gasteiger partial charge in [-0.2, -0.15) is 4.72 Å². The predicted octanol–water partition coefficient (Wildman–Crippen LogP) is 2.17. The zero-order valence-electron chi connectivity index (χ0n) is 13.0. The van der Waals surface area contributed by atoms with E-state index >= 15 is 0 Å². The van der Waals surface area contributed by atoms with E-state index in [9.17, 15) is 26.4 Å². The van der Waals surface area contributed by atoms with Gasteiger partial charge in [-0.3, -0.25) is 4.79 Å². The van der Waals surface area contributed by atoms with E-state index in [1.54, 1.807) is 0 Å². The molecular formula is C16H14F3NO4S. The molecule has 0 fully saturated rings. The van der Waals surface area contributed by atoms with Gasteiger partial charge in [0.2, 0.25) is 10.0 Å². The molecule has 1 N–H and O–H groups in total. The van der Waals surface area contributed by atoms with Crippen molar-refractivity contribution >= 4 is 16.0 Å². The molecule has 0 aromatic heterocycles. The van der Waals surface area contributed by atoms with Gasteiger partial charge in [-0.15, -0.1) is 0 Å². The number of rotatable bonds is 6. The first-order chi connectivity index (χ1) is 11.7. The van der Waals surface area contributed by atoms with Crippen LogP contribution < -0.4 is 4.72 Å². The van der Waals surface area contributed by atoms with Crippen LogP contribution in [0.3, 0.4) is 0 Å². The third kappa shape index (κ3) is 4.80. The van der Waals surface area contributed by atoms with Crippen molar-refractivity contribution in [2.24, 2.45) is 0 Å². The Morgan fingerprint density at radius 2 is 1.68 bits per heavy atom. The molecular weight excluding hydrogens is 359 g/mol. The van der Waals surface area contributed by atoms with E-state index < -0.39 is 44.4 Å². The fourth-order valence-corrected chi connectivity index (χ4v) is 3.36. The lowest BCUT2D eigenvalue weighted by molar-refractivity contribution is -0.142. The molecule has 0 saturated carbocycles. The summed E-state index contributed by atoms with van der Waals surface area (Å²) >= 11 is 0. The Balaban J connectivity index is 2.29. The first-order valence-electron chi connectivity index (χ1n) is 7.02. The van der Waals surface area contributed by atoms with E-state index in [0.29, 0.717) is 11.6 Å². The summed E-state index contributed by atoms with van der Waals surface area (Å²) in [7, 11) is -3.39. The molecule has 9 heteroatoms. The highest BCUT2D eigenvalue weighted by molar-refractivity contribution is 7.89. The molecule has 1 unspecified atom stereocenters. The third-order valence-corrected chi connectivity index (χ3v) is 4.82. The normalized spacial score (nSPS) is 12.6. The van der Waals surface area contributed by atoms with E-state index in [2.05, 4.69) is 4.74 Å². The lowest BCUT2D eigenvalue weighted by Gasteiger charge is -2.17. The second-order valence-corrected chi connectivity index (χ2v) is 6.78. The molecule has 0 radical (unpaired) electrons. The Labute approximate surface area is 142 Å². The van der Waals surface area contributed by atoms with Crippen molar-refractivity contribution in [3.8, 4) is 0 Å². The van der Waals surface area contributed by atoms with Crippen LogP contribution in [0.15, 0.2) is 47.4 Å². The van der Waals surface area contributed by atoms with Gasteiger partial charge in [0, 0.05) is 6.07 Å². The highest BCUT2D eigenvalue weighted by atomic mass is 32.2. The number of nitrogens with one attached hydrogen (secondary N) is 1. The van der Waals surface area contributed by atoms with Crippen LogP contribution in [0.2, 0.25) is 0 Å². The number of carbonyl (C=O) groups is 1. The monoisotopic (exact) mass is 373 g/mol. The fraction of sp³-hybridized carbons (Fsp3) is 0.188. The summed E-state index contributed by atoms with van der Waals surface area (Å²) in [6, 6.07) is 5.63. The maximum atomic E-state index is 13.7. The van der Waals surface area contributed by atoms with Crippen LogP contribution in [-0.2, 0) is 26.0 Å². The maximum Gasteiger partial charge on any atom is 0.324 e. The maximum absolute atomic E-state index is 13.7. The molecule has 0 spiro atoms. The van der Waals surface area contributed by atoms with Crippen LogP contribution in [0.4, 0.5) is 13.2 Å². The summed E-state index contributed by atoms with van der Waals surface area (Å²) in [5, 5.41) is 0. The predicted molar refractivity (Wildman–Crippen MR) is 82.6 cm³/mol. The Hall–Kier alpha value is -2.39. The van der Waals surface area contributed by atoms with Crippen molar-refractivity contribution < 1.29 is 31.1 Å². The van der Waals surface area contributed by atoms with Crippen LogP contribution in [0.1, 0.15) is 5.56 Å². The van der Waals surface area contributed by atoms with Crippen LogP contribution in [0.5, 0.6) is 0 Å². The number of sulfonamides is 1. The second-order valence-electron chi connectivity index (χ2n) is 5.10. The Bertz CT molecular complexity index is 869. The first kappa shape index (κ1) is 18.9. The average Bonchev–Trinajstić information content (AvgIpc) is 2.55.